The highest BCUT2D eigenvalue weighted by Gasteiger charge is 2.73. The first kappa shape index (κ1) is 8.95. The van der Waals surface area contributed by atoms with Crippen molar-refractivity contribution in [1.82, 2.24) is 9.78 Å². The minimum atomic E-state index is -0.172. The predicted molar refractivity (Wildman–Crippen MR) is 53.2 cm³/mol. The summed E-state index contributed by atoms with van der Waals surface area (Å²) < 4.78 is 6.83. The molecule has 80 valence electrons. The number of hydrogen-bond acceptors (Lipinski definition) is 3. The molecule has 2 bridgehead atoms. The fraction of sp³-hybridized carbons (Fsp3) is 0.636. The van der Waals surface area contributed by atoms with Crippen molar-refractivity contribution in [2.24, 2.45) is 5.41 Å². The number of aryl methyl sites for hydroxylation is 1. The average molecular weight is 206 g/mol. The number of esters is 1. The Morgan fingerprint density at radius 3 is 2.67 bits per heavy atom. The van der Waals surface area contributed by atoms with Crippen LogP contribution in [0.15, 0.2) is 12.4 Å². The lowest BCUT2D eigenvalue weighted by atomic mass is 9.39. The molecular weight excluding hydrogens is 192 g/mol. The van der Waals surface area contributed by atoms with E-state index >= 15 is 0 Å². The molecule has 0 saturated heterocycles. The Kier molecular flexibility index (Phi) is 1.45. The second-order valence-electron chi connectivity index (χ2n) is 4.99. The molecule has 1 heterocycles. The van der Waals surface area contributed by atoms with Crippen LogP contribution in [0.2, 0.25) is 0 Å². The lowest BCUT2D eigenvalue weighted by molar-refractivity contribution is -0.219. The Hall–Kier alpha value is -1.32. The lowest BCUT2D eigenvalue weighted by Crippen LogP contribution is -2.71. The van der Waals surface area contributed by atoms with Crippen molar-refractivity contribution in [2.75, 3.05) is 7.11 Å². The van der Waals surface area contributed by atoms with E-state index in [1.165, 1.54) is 12.7 Å². The van der Waals surface area contributed by atoms with E-state index in [0.717, 1.165) is 19.3 Å². The summed E-state index contributed by atoms with van der Waals surface area (Å²) in [6.45, 7) is 2.03. The summed E-state index contributed by atoms with van der Waals surface area (Å²) in [7, 11) is 1.47. The van der Waals surface area contributed by atoms with E-state index in [9.17, 15) is 4.79 Å². The number of ether oxygens (including phenoxy) is 1. The van der Waals surface area contributed by atoms with E-state index in [1.807, 2.05) is 17.8 Å². The average Bonchev–Trinajstić information content (AvgIpc) is 2.47. The van der Waals surface area contributed by atoms with Crippen LogP contribution in [-0.2, 0) is 15.1 Å². The van der Waals surface area contributed by atoms with E-state index < -0.39 is 0 Å². The van der Waals surface area contributed by atoms with Gasteiger partial charge < -0.3 is 4.74 Å². The van der Waals surface area contributed by atoms with Gasteiger partial charge in [-0.1, -0.05) is 0 Å². The molecule has 4 heteroatoms. The van der Waals surface area contributed by atoms with Crippen LogP contribution >= 0.6 is 0 Å². The van der Waals surface area contributed by atoms with Crippen molar-refractivity contribution >= 4 is 5.97 Å². The molecule has 1 aromatic heterocycles. The molecule has 0 amide bonds. The van der Waals surface area contributed by atoms with Gasteiger partial charge in [-0.2, -0.15) is 5.10 Å². The highest BCUT2D eigenvalue weighted by Crippen LogP contribution is 2.71. The number of nitrogens with zero attached hydrogens (tertiary/aromatic N) is 2. The Bertz CT molecular complexity index is 416. The molecule has 3 aliphatic rings. The van der Waals surface area contributed by atoms with Crippen LogP contribution in [0, 0.1) is 12.3 Å². The normalized spacial score (nSPS) is 36.7. The molecule has 3 aliphatic carbocycles. The van der Waals surface area contributed by atoms with Crippen molar-refractivity contribution in [2.45, 2.75) is 31.7 Å². The van der Waals surface area contributed by atoms with Crippen LogP contribution in [-0.4, -0.2) is 22.9 Å². The maximum atomic E-state index is 11.5. The number of carbonyl (C=O) groups excluding carboxylic acids is 1. The van der Waals surface area contributed by atoms with E-state index in [-0.39, 0.29) is 16.9 Å². The fourth-order valence-electron chi connectivity index (χ4n) is 3.08. The Labute approximate surface area is 88.2 Å². The number of aromatic nitrogens is 2. The fourth-order valence-corrected chi connectivity index (χ4v) is 3.08. The first-order chi connectivity index (χ1) is 7.10. The quantitative estimate of drug-likeness (QED) is 0.684. The Morgan fingerprint density at radius 2 is 2.20 bits per heavy atom. The Morgan fingerprint density at radius 1 is 1.53 bits per heavy atom. The zero-order valence-corrected chi connectivity index (χ0v) is 8.99. The van der Waals surface area contributed by atoms with Crippen molar-refractivity contribution in [3.8, 4) is 0 Å². The summed E-state index contributed by atoms with van der Waals surface area (Å²) in [5.41, 5.74) is 1.13. The standard InChI is InChI=1S/C11H14N2O2/c1-8-3-12-13(4-8)11-5-10(6-11,7-11)9(14)15-2/h3-4H,5-7H2,1-2H3. The molecule has 4 rings (SSSR count). The van der Waals surface area contributed by atoms with Gasteiger partial charge in [0.15, 0.2) is 0 Å². The number of carbonyl (C=O) groups is 1. The Balaban J connectivity index is 1.78. The van der Waals surface area contributed by atoms with E-state index in [4.69, 9.17) is 4.74 Å². The van der Waals surface area contributed by atoms with Crippen molar-refractivity contribution in [1.29, 1.82) is 0 Å². The van der Waals surface area contributed by atoms with Gasteiger partial charge in [0, 0.05) is 6.20 Å². The molecule has 0 unspecified atom stereocenters. The molecule has 3 fully saturated rings. The summed E-state index contributed by atoms with van der Waals surface area (Å²) >= 11 is 0. The number of rotatable bonds is 2. The van der Waals surface area contributed by atoms with Crippen molar-refractivity contribution in [3.05, 3.63) is 18.0 Å². The highest BCUT2D eigenvalue weighted by atomic mass is 16.5. The molecule has 0 radical (unpaired) electrons. The first-order valence-corrected chi connectivity index (χ1v) is 5.21. The van der Waals surface area contributed by atoms with Gasteiger partial charge in [-0.15, -0.1) is 0 Å². The topological polar surface area (TPSA) is 44.1 Å². The van der Waals surface area contributed by atoms with E-state index in [1.54, 1.807) is 0 Å². The molecule has 0 aliphatic heterocycles. The van der Waals surface area contributed by atoms with E-state index in [2.05, 4.69) is 11.3 Å². The van der Waals surface area contributed by atoms with Gasteiger partial charge in [0.2, 0.25) is 0 Å². The molecule has 0 N–H and O–H groups in total. The summed E-state index contributed by atoms with van der Waals surface area (Å²) in [6.07, 6.45) is 6.61. The predicted octanol–water partition coefficient (Wildman–Crippen LogP) is 1.24. The second-order valence-corrected chi connectivity index (χ2v) is 4.99. The van der Waals surface area contributed by atoms with Crippen LogP contribution in [0.1, 0.15) is 24.8 Å². The van der Waals surface area contributed by atoms with Crippen LogP contribution in [0.3, 0.4) is 0 Å². The molecular formula is C11H14N2O2. The van der Waals surface area contributed by atoms with Crippen LogP contribution in [0.25, 0.3) is 0 Å². The summed E-state index contributed by atoms with van der Waals surface area (Å²) in [5.74, 6) is -0.0479. The smallest absolute Gasteiger partial charge is 0.312 e. The van der Waals surface area contributed by atoms with Gasteiger partial charge in [-0.25, -0.2) is 0 Å². The van der Waals surface area contributed by atoms with E-state index in [0.29, 0.717) is 0 Å². The van der Waals surface area contributed by atoms with Crippen LogP contribution in [0.4, 0.5) is 0 Å². The minimum Gasteiger partial charge on any atom is -0.469 e. The molecule has 0 atom stereocenters. The van der Waals surface area contributed by atoms with Gasteiger partial charge in [-0.05, 0) is 31.7 Å². The molecule has 3 saturated carbocycles. The third kappa shape index (κ3) is 0.919. The summed E-state index contributed by atoms with van der Waals surface area (Å²) in [5, 5.41) is 4.33. The molecule has 4 nitrogen and oxygen atoms in total. The second kappa shape index (κ2) is 2.43. The zero-order valence-electron chi connectivity index (χ0n) is 8.99. The van der Waals surface area contributed by atoms with Gasteiger partial charge in [-0.3, -0.25) is 9.48 Å². The third-order valence-electron chi connectivity index (χ3n) is 3.82. The number of hydrogen-bond donors (Lipinski definition) is 0. The minimum absolute atomic E-state index is 0.0479. The SMILES string of the molecule is COC(=O)C12CC(n3cc(C)cn3)(C1)C2. The third-order valence-corrected chi connectivity index (χ3v) is 3.82. The first-order valence-electron chi connectivity index (χ1n) is 5.21. The van der Waals surface area contributed by atoms with Gasteiger partial charge in [0.25, 0.3) is 0 Å². The summed E-state index contributed by atoms with van der Waals surface area (Å²) in [4.78, 5) is 11.5. The molecule has 15 heavy (non-hydrogen) atoms. The van der Waals surface area contributed by atoms with Gasteiger partial charge >= 0.3 is 5.97 Å². The van der Waals surface area contributed by atoms with Crippen LogP contribution < -0.4 is 0 Å². The molecule has 1 aromatic rings. The van der Waals surface area contributed by atoms with Gasteiger partial charge in [0.05, 0.1) is 24.3 Å². The number of methoxy groups -OCH3 is 1. The van der Waals surface area contributed by atoms with Crippen molar-refractivity contribution < 1.29 is 9.53 Å². The molecule has 0 spiro atoms. The van der Waals surface area contributed by atoms with Crippen LogP contribution in [0.5, 0.6) is 0 Å². The maximum absolute atomic E-state index is 11.5. The van der Waals surface area contributed by atoms with Gasteiger partial charge in [0.1, 0.15) is 0 Å². The van der Waals surface area contributed by atoms with Crippen molar-refractivity contribution in [3.63, 3.8) is 0 Å². The molecule has 0 aromatic carbocycles. The maximum Gasteiger partial charge on any atom is 0.312 e. The highest BCUT2D eigenvalue weighted by molar-refractivity contribution is 5.81. The summed E-state index contributed by atoms with van der Waals surface area (Å²) in [6, 6.07) is 0. The zero-order chi connectivity index (χ0) is 10.7. The lowest BCUT2D eigenvalue weighted by Gasteiger charge is -2.67. The largest absolute Gasteiger partial charge is 0.469 e. The monoisotopic (exact) mass is 206 g/mol.